The van der Waals surface area contributed by atoms with Gasteiger partial charge in [0.25, 0.3) is 5.91 Å². The zero-order valence-corrected chi connectivity index (χ0v) is 20.6. The van der Waals surface area contributed by atoms with Gasteiger partial charge in [-0.2, -0.15) is 5.26 Å². The minimum Gasteiger partial charge on any atom is -0.448 e. The molecule has 1 fully saturated rings. The van der Waals surface area contributed by atoms with Gasteiger partial charge < -0.3 is 9.64 Å². The molecule has 11 heteroatoms. The van der Waals surface area contributed by atoms with Crippen LogP contribution in [0.4, 0.5) is 26.7 Å². The molecule has 0 bridgehead atoms. The van der Waals surface area contributed by atoms with Crippen molar-refractivity contribution in [1.82, 2.24) is 4.90 Å². The topological polar surface area (TPSA) is 106 Å². The minimum absolute atomic E-state index is 0.127. The summed E-state index contributed by atoms with van der Waals surface area (Å²) in [5.41, 5.74) is -0.212. The number of rotatable bonds is 6. The Morgan fingerprint density at radius 1 is 1.12 bits per heavy atom. The van der Waals surface area contributed by atoms with Crippen LogP contribution in [-0.2, 0) is 9.53 Å². The number of hydrogen-bond donors (Lipinski definition) is 1. The van der Waals surface area contributed by atoms with Gasteiger partial charge in [0.2, 0.25) is 0 Å². The Labute approximate surface area is 207 Å². The third-order valence-corrected chi connectivity index (χ3v) is 5.86. The lowest BCUT2D eigenvalue weighted by Crippen LogP contribution is -2.44. The van der Waals surface area contributed by atoms with E-state index in [1.165, 1.54) is 35.2 Å². The molecule has 1 saturated heterocycles. The number of urea groups is 1. The fourth-order valence-corrected chi connectivity index (χ4v) is 3.79. The number of nitrogens with zero attached hydrogens (tertiary/aromatic N) is 4. The normalized spacial score (nSPS) is 15.0. The fraction of sp³-hybridized carbons (Fsp3) is 0.304. The lowest BCUT2D eigenvalue weighted by Gasteiger charge is -2.28. The van der Waals surface area contributed by atoms with Crippen LogP contribution in [0.2, 0.25) is 10.0 Å². The second-order valence-corrected chi connectivity index (χ2v) is 9.14. The highest BCUT2D eigenvalue weighted by Crippen LogP contribution is 2.39. The van der Waals surface area contributed by atoms with E-state index < -0.39 is 23.6 Å². The lowest BCUT2D eigenvalue weighted by molar-refractivity contribution is -0.120. The van der Waals surface area contributed by atoms with E-state index in [9.17, 15) is 14.4 Å². The maximum atomic E-state index is 13.4. The molecule has 0 saturated carbocycles. The van der Waals surface area contributed by atoms with Crippen molar-refractivity contribution in [2.24, 2.45) is 0 Å². The second-order valence-electron chi connectivity index (χ2n) is 8.32. The van der Waals surface area contributed by atoms with Crippen LogP contribution in [0.25, 0.3) is 0 Å². The molecule has 2 aromatic carbocycles. The molecule has 0 aromatic heterocycles. The van der Waals surface area contributed by atoms with Gasteiger partial charge in [-0.15, -0.1) is 0 Å². The van der Waals surface area contributed by atoms with Gasteiger partial charge >= 0.3 is 12.1 Å². The van der Waals surface area contributed by atoms with E-state index in [-0.39, 0.29) is 33.6 Å². The smallest absolute Gasteiger partial charge is 0.411 e. The molecule has 34 heavy (non-hydrogen) atoms. The third kappa shape index (κ3) is 4.94. The Bertz CT molecular complexity index is 1190. The van der Waals surface area contributed by atoms with Crippen LogP contribution in [0.15, 0.2) is 36.4 Å². The van der Waals surface area contributed by atoms with Crippen molar-refractivity contribution in [2.75, 3.05) is 42.4 Å². The molecular weight excluding hydrogens is 481 g/mol. The van der Waals surface area contributed by atoms with Crippen LogP contribution >= 0.6 is 23.2 Å². The van der Waals surface area contributed by atoms with E-state index in [1.807, 2.05) is 25.1 Å². The molecule has 1 aliphatic heterocycles. The standard InChI is InChI=1S/C23H23Cl2N5O4/c1-23(2)20(31)29(15-6-5-14(13-26)18(25)11-15)22(33)30(23)16-7-8-17(24)19(12-16)27-21(32)34-10-9-28(3)4/h5-8,11-12H,9-10H2,1-4H3,(H,27,32). The van der Waals surface area contributed by atoms with E-state index in [0.717, 1.165) is 4.90 Å². The van der Waals surface area contributed by atoms with E-state index in [4.69, 9.17) is 33.2 Å². The average Bonchev–Trinajstić information content (AvgIpc) is 2.93. The number of halogens is 2. The number of nitriles is 1. The maximum Gasteiger partial charge on any atom is 0.411 e. The summed E-state index contributed by atoms with van der Waals surface area (Å²) in [7, 11) is 3.71. The van der Waals surface area contributed by atoms with Crippen LogP contribution in [-0.4, -0.2) is 55.7 Å². The predicted octanol–water partition coefficient (Wildman–Crippen LogP) is 4.73. The highest BCUT2D eigenvalue weighted by atomic mass is 35.5. The van der Waals surface area contributed by atoms with Crippen LogP contribution in [0.3, 0.4) is 0 Å². The lowest BCUT2D eigenvalue weighted by atomic mass is 10.0. The largest absolute Gasteiger partial charge is 0.448 e. The van der Waals surface area contributed by atoms with E-state index in [2.05, 4.69) is 5.32 Å². The Balaban J connectivity index is 1.90. The molecule has 0 radical (unpaired) electrons. The van der Waals surface area contributed by atoms with Gasteiger partial charge in [0.15, 0.2) is 0 Å². The van der Waals surface area contributed by atoms with Crippen molar-refractivity contribution in [3.05, 3.63) is 52.0 Å². The maximum absolute atomic E-state index is 13.4. The Morgan fingerprint density at radius 3 is 2.41 bits per heavy atom. The number of anilines is 3. The highest BCUT2D eigenvalue weighted by molar-refractivity contribution is 6.35. The molecule has 0 spiro atoms. The van der Waals surface area contributed by atoms with Crippen LogP contribution < -0.4 is 15.1 Å². The number of carbonyl (C=O) groups excluding carboxylic acids is 3. The predicted molar refractivity (Wildman–Crippen MR) is 131 cm³/mol. The summed E-state index contributed by atoms with van der Waals surface area (Å²) in [5.74, 6) is -0.481. The van der Waals surface area contributed by atoms with Crippen molar-refractivity contribution in [3.63, 3.8) is 0 Å². The number of likely N-dealkylation sites (N-methyl/N-ethyl adjacent to an activating group) is 1. The van der Waals surface area contributed by atoms with Crippen molar-refractivity contribution in [1.29, 1.82) is 5.26 Å². The van der Waals surface area contributed by atoms with Crippen molar-refractivity contribution in [3.8, 4) is 6.07 Å². The molecule has 2 aromatic rings. The van der Waals surface area contributed by atoms with Gasteiger partial charge in [-0.05, 0) is 64.3 Å². The van der Waals surface area contributed by atoms with Gasteiger partial charge in [-0.25, -0.2) is 14.5 Å². The number of amides is 4. The number of ether oxygens (including phenoxy) is 1. The Morgan fingerprint density at radius 2 is 1.79 bits per heavy atom. The molecule has 9 nitrogen and oxygen atoms in total. The first-order chi connectivity index (χ1) is 16.0. The van der Waals surface area contributed by atoms with Crippen LogP contribution in [0, 0.1) is 11.3 Å². The summed E-state index contributed by atoms with van der Waals surface area (Å²) < 4.78 is 5.13. The Hall–Kier alpha value is -3.32. The monoisotopic (exact) mass is 503 g/mol. The minimum atomic E-state index is -1.26. The molecule has 1 aliphatic rings. The SMILES string of the molecule is CN(C)CCOC(=O)Nc1cc(N2C(=O)N(c3ccc(C#N)c(Cl)c3)C(=O)C2(C)C)ccc1Cl. The van der Waals surface area contributed by atoms with Gasteiger partial charge in [-0.1, -0.05) is 23.2 Å². The second kappa shape index (κ2) is 9.89. The molecule has 3 rings (SSSR count). The first kappa shape index (κ1) is 25.3. The van der Waals surface area contributed by atoms with E-state index in [0.29, 0.717) is 12.2 Å². The molecule has 4 amide bonds. The zero-order chi connectivity index (χ0) is 25.2. The molecule has 0 aliphatic carbocycles. The number of nitrogens with one attached hydrogen (secondary N) is 1. The highest BCUT2D eigenvalue weighted by Gasteiger charge is 2.52. The van der Waals surface area contributed by atoms with E-state index >= 15 is 0 Å². The van der Waals surface area contributed by atoms with Gasteiger partial charge in [0.05, 0.1) is 27.0 Å². The number of carbonyl (C=O) groups is 3. The molecule has 0 unspecified atom stereocenters. The summed E-state index contributed by atoms with van der Waals surface area (Å²) in [6.07, 6.45) is -0.696. The first-order valence-corrected chi connectivity index (χ1v) is 11.0. The van der Waals surface area contributed by atoms with Crippen molar-refractivity contribution in [2.45, 2.75) is 19.4 Å². The third-order valence-electron chi connectivity index (χ3n) is 5.22. The summed E-state index contributed by atoms with van der Waals surface area (Å²) in [6.45, 7) is 3.95. The summed E-state index contributed by atoms with van der Waals surface area (Å²) in [6, 6.07) is 10.2. The first-order valence-electron chi connectivity index (χ1n) is 10.2. The van der Waals surface area contributed by atoms with Crippen LogP contribution in [0.5, 0.6) is 0 Å². The molecule has 178 valence electrons. The number of imide groups is 1. The summed E-state index contributed by atoms with van der Waals surface area (Å²) in [5, 5.41) is 12.0. The van der Waals surface area contributed by atoms with E-state index in [1.54, 1.807) is 19.9 Å². The van der Waals surface area contributed by atoms with Gasteiger partial charge in [-0.3, -0.25) is 15.0 Å². The fourth-order valence-electron chi connectivity index (χ4n) is 3.40. The molecular formula is C23H23Cl2N5O4. The van der Waals surface area contributed by atoms with Crippen molar-refractivity contribution < 1.29 is 19.1 Å². The molecule has 0 atom stereocenters. The quantitative estimate of drug-likeness (QED) is 0.571. The zero-order valence-electron chi connectivity index (χ0n) is 19.1. The number of hydrogen-bond acceptors (Lipinski definition) is 6. The van der Waals surface area contributed by atoms with Gasteiger partial charge in [0.1, 0.15) is 18.2 Å². The Kier molecular flexibility index (Phi) is 7.36. The summed E-state index contributed by atoms with van der Waals surface area (Å²) >= 11 is 12.4. The number of benzene rings is 2. The van der Waals surface area contributed by atoms with Crippen LogP contribution in [0.1, 0.15) is 19.4 Å². The van der Waals surface area contributed by atoms with Crippen molar-refractivity contribution >= 4 is 58.3 Å². The average molecular weight is 504 g/mol. The summed E-state index contributed by atoms with van der Waals surface area (Å²) in [4.78, 5) is 43.0. The molecule has 1 heterocycles. The molecule has 1 N–H and O–H groups in total. The van der Waals surface area contributed by atoms with Gasteiger partial charge in [0, 0.05) is 12.2 Å².